The molecule has 2 aromatic heterocycles. The first kappa shape index (κ1) is 28.6. The summed E-state index contributed by atoms with van der Waals surface area (Å²) in [5.74, 6) is 0.280. The molecule has 16 heteroatoms. The van der Waals surface area contributed by atoms with E-state index in [4.69, 9.17) is 24.5 Å². The summed E-state index contributed by atoms with van der Waals surface area (Å²) in [6.07, 6.45) is -0.250. The Morgan fingerprint density at radius 2 is 2.07 bits per heavy atom. The molecule has 0 amide bonds. The van der Waals surface area contributed by atoms with Crippen molar-refractivity contribution in [3.8, 4) is 17.6 Å². The van der Waals surface area contributed by atoms with Gasteiger partial charge < -0.3 is 35.1 Å². The van der Waals surface area contributed by atoms with Crippen molar-refractivity contribution in [2.75, 3.05) is 12.3 Å². The smallest absolute Gasteiger partial charge is 0.412 e. The van der Waals surface area contributed by atoms with Gasteiger partial charge in [-0.25, -0.2) is 9.50 Å². The molecule has 0 radical (unpaired) electrons. The number of aromatic nitrogens is 3. The zero-order valence-corrected chi connectivity index (χ0v) is 22.8. The number of nitrogen functional groups attached to an aromatic ring is 1. The maximum atomic E-state index is 12.2. The molecule has 1 saturated heterocycles. The topological polar surface area (TPSA) is 222 Å². The number of benzene rings is 1. The van der Waals surface area contributed by atoms with Gasteiger partial charge in [0.05, 0.1) is 5.69 Å². The summed E-state index contributed by atoms with van der Waals surface area (Å²) in [7, 11) is -2.52. The molecule has 3 heterocycles. The van der Waals surface area contributed by atoms with Crippen molar-refractivity contribution in [1.82, 2.24) is 20.0 Å². The summed E-state index contributed by atoms with van der Waals surface area (Å²) in [5, 5.41) is 35.6. The van der Waals surface area contributed by atoms with Gasteiger partial charge in [0.15, 0.2) is 11.6 Å². The van der Waals surface area contributed by atoms with Crippen LogP contribution in [0.2, 0.25) is 0 Å². The average molecular weight is 586 g/mol. The lowest BCUT2D eigenvalue weighted by Crippen LogP contribution is -2.41. The largest absolute Gasteiger partial charge is 0.574 e. The number of carbonyl (C=O) groups is 1. The lowest BCUT2D eigenvalue weighted by Gasteiger charge is -2.26. The van der Waals surface area contributed by atoms with Crippen LogP contribution in [0, 0.1) is 11.3 Å². The fraction of sp³-hybridized carbons (Fsp3) is 0.440. The van der Waals surface area contributed by atoms with E-state index in [1.165, 1.54) is 41.2 Å². The molecular weight excluding hydrogens is 557 g/mol. The van der Waals surface area contributed by atoms with Crippen molar-refractivity contribution in [2.24, 2.45) is 4.85 Å². The number of hydrogen-bond donors (Lipinski definition) is 4. The second-order valence-corrected chi connectivity index (χ2v) is 10.5. The van der Waals surface area contributed by atoms with Gasteiger partial charge in [-0.2, -0.15) is 15.8 Å². The number of nitrogens with two attached hydrogens (primary N) is 1. The maximum Gasteiger partial charge on any atom is 0.412 e. The van der Waals surface area contributed by atoms with E-state index in [-0.39, 0.29) is 30.0 Å². The number of esters is 1. The third kappa shape index (κ3) is 5.80. The minimum atomic E-state index is -2.52. The molecule has 0 spiro atoms. The van der Waals surface area contributed by atoms with Crippen molar-refractivity contribution in [3.05, 3.63) is 48.4 Å². The van der Waals surface area contributed by atoms with Crippen LogP contribution >= 0.6 is 8.17 Å². The van der Waals surface area contributed by atoms with Crippen molar-refractivity contribution in [3.63, 3.8) is 0 Å². The van der Waals surface area contributed by atoms with Crippen LogP contribution in [-0.2, 0) is 19.9 Å². The summed E-state index contributed by atoms with van der Waals surface area (Å²) in [6, 6.07) is 10.3. The zero-order valence-electron chi connectivity index (χ0n) is 21.9. The number of nitrogens with one attached hydrogen (secondary N) is 1. The lowest BCUT2D eigenvalue weighted by atomic mass is 9.92. The van der Waals surface area contributed by atoms with E-state index in [9.17, 15) is 25.2 Å². The van der Waals surface area contributed by atoms with Crippen LogP contribution in [0.4, 0.5) is 5.82 Å². The van der Waals surface area contributed by atoms with E-state index in [1.54, 1.807) is 13.0 Å². The number of fused-ring (bicyclic) bond motifs is 1. The predicted molar refractivity (Wildman–Crippen MR) is 140 cm³/mol. The standard InChI is InChI=1S/C25H28N7O8P/c1-14(24(35)38-16-3-2-4-16)30-31-41(36)40-17-7-5-15(6-8-17)37-11-19-21(33)22(34)25(12-26,39-19)20-10-9-18-23(27)28-13-29-32(18)20/h5-10,13-14,16,19,21-22,30,33-34H,2-4,11H2,1H3,(H2,27,28,29)/t14-,19+,21+,22+,25-/m0/s1. The van der Waals surface area contributed by atoms with Gasteiger partial charge in [-0.1, -0.05) is 0 Å². The minimum absolute atomic E-state index is 0.0604. The van der Waals surface area contributed by atoms with E-state index in [2.05, 4.69) is 20.4 Å². The van der Waals surface area contributed by atoms with Crippen LogP contribution in [0.15, 0.2) is 47.6 Å². The number of anilines is 1. The number of rotatable bonds is 10. The van der Waals surface area contributed by atoms with Crippen LogP contribution < -0.4 is 25.3 Å². The van der Waals surface area contributed by atoms with E-state index in [0.717, 1.165) is 19.3 Å². The normalized spacial score (nSPS) is 25.3. The van der Waals surface area contributed by atoms with Crippen LogP contribution in [0.1, 0.15) is 31.9 Å². The van der Waals surface area contributed by atoms with Gasteiger partial charge >= 0.3 is 14.1 Å². The van der Waals surface area contributed by atoms with E-state index >= 15 is 0 Å². The first-order valence-corrected chi connectivity index (χ1v) is 13.9. The van der Waals surface area contributed by atoms with Gasteiger partial charge in [-0.3, -0.25) is 9.32 Å². The predicted octanol–water partition coefficient (Wildman–Crippen LogP) is 0.453. The highest BCUT2D eigenvalue weighted by Gasteiger charge is 2.57. The molecule has 15 nitrogen and oxygen atoms in total. The summed E-state index contributed by atoms with van der Waals surface area (Å²) in [5.41, 5.74) is 7.01. The molecule has 41 heavy (non-hydrogen) atoms. The molecular formula is C25H28N7O8P. The molecule has 0 bridgehead atoms. The number of carbonyl (C=O) groups excluding carboxylic acids is 1. The van der Waals surface area contributed by atoms with Crippen LogP contribution in [0.3, 0.4) is 0 Å². The lowest BCUT2D eigenvalue weighted by molar-refractivity contribution is -0.169. The van der Waals surface area contributed by atoms with Crippen molar-refractivity contribution >= 4 is 25.5 Å². The average Bonchev–Trinajstić information content (AvgIpc) is 3.49. The Hall–Kier alpha value is -3.90. The highest BCUT2D eigenvalue weighted by molar-refractivity contribution is 7.33. The SMILES string of the molecule is C[C@H](N/N=[P+](\[O-])Oc1ccc(OC[C@H]2O[C@@](C#N)(c3ccc4c(N)ncnn34)[C@H](O)[C@@H]2O)cc1)C(=O)OC1CCC1. The Balaban J connectivity index is 1.17. The molecule has 2 aliphatic rings. The molecule has 5 rings (SSSR count). The van der Waals surface area contributed by atoms with Gasteiger partial charge in [0.1, 0.15) is 60.7 Å². The Morgan fingerprint density at radius 1 is 1.34 bits per heavy atom. The number of aliphatic hydroxyl groups is 2. The highest BCUT2D eigenvalue weighted by Crippen LogP contribution is 2.40. The Kier molecular flexibility index (Phi) is 8.32. The van der Waals surface area contributed by atoms with E-state index in [1.807, 2.05) is 6.07 Å². The van der Waals surface area contributed by atoms with E-state index in [0.29, 0.717) is 11.3 Å². The third-order valence-electron chi connectivity index (χ3n) is 6.93. The van der Waals surface area contributed by atoms with E-state index < -0.39 is 44.1 Å². The van der Waals surface area contributed by atoms with Gasteiger partial charge in [0.2, 0.25) is 5.60 Å². The molecule has 3 aromatic rings. The molecule has 216 valence electrons. The van der Waals surface area contributed by atoms with Gasteiger partial charge in [-0.05, 0) is 62.6 Å². The molecule has 6 atom stereocenters. The third-order valence-corrected chi connectivity index (χ3v) is 7.58. The van der Waals surface area contributed by atoms with Gasteiger partial charge in [0.25, 0.3) is 0 Å². The van der Waals surface area contributed by atoms with Crippen molar-refractivity contribution in [2.45, 2.75) is 62.2 Å². The first-order chi connectivity index (χ1) is 19.7. The molecule has 5 N–H and O–H groups in total. The second-order valence-electron chi connectivity index (χ2n) is 9.65. The van der Waals surface area contributed by atoms with Crippen LogP contribution in [0.25, 0.3) is 5.52 Å². The quantitative estimate of drug-likeness (QED) is 0.144. The molecule has 1 aliphatic carbocycles. The fourth-order valence-electron chi connectivity index (χ4n) is 4.38. The Bertz CT molecular complexity index is 1470. The number of ether oxygens (including phenoxy) is 3. The Morgan fingerprint density at radius 3 is 2.76 bits per heavy atom. The number of nitrogens with zero attached hydrogens (tertiary/aromatic N) is 5. The number of nitriles is 1. The molecule has 1 unspecified atom stereocenters. The molecule has 1 saturated carbocycles. The summed E-state index contributed by atoms with van der Waals surface area (Å²) in [4.78, 5) is 31.7. The van der Waals surface area contributed by atoms with Gasteiger partial charge in [0, 0.05) is 4.85 Å². The number of aliphatic hydroxyl groups excluding tert-OH is 2. The van der Waals surface area contributed by atoms with Crippen molar-refractivity contribution in [1.29, 1.82) is 5.26 Å². The Labute approximate surface area is 235 Å². The zero-order chi connectivity index (χ0) is 29.1. The first-order valence-electron chi connectivity index (χ1n) is 12.8. The molecule has 2 fully saturated rings. The fourth-order valence-corrected chi connectivity index (χ4v) is 4.99. The number of hydrogen-bond acceptors (Lipinski definition) is 13. The summed E-state index contributed by atoms with van der Waals surface area (Å²) in [6.45, 7) is 1.35. The monoisotopic (exact) mass is 585 g/mol. The van der Waals surface area contributed by atoms with Crippen molar-refractivity contribution < 1.29 is 38.6 Å². The minimum Gasteiger partial charge on any atom is -0.574 e. The van der Waals surface area contributed by atoms with Gasteiger partial charge in [-0.15, -0.1) is 0 Å². The summed E-state index contributed by atoms with van der Waals surface area (Å²) < 4.78 is 23.5. The molecule has 1 aliphatic heterocycles. The summed E-state index contributed by atoms with van der Waals surface area (Å²) >= 11 is 0. The second kappa shape index (κ2) is 11.9. The van der Waals surface area contributed by atoms with Crippen LogP contribution in [-0.4, -0.2) is 67.8 Å². The molecule has 1 aromatic carbocycles. The maximum absolute atomic E-state index is 12.2. The van der Waals surface area contributed by atoms with Crippen LogP contribution in [0.5, 0.6) is 11.5 Å². The highest BCUT2D eigenvalue weighted by atomic mass is 31.1.